The van der Waals surface area contributed by atoms with Crippen LogP contribution in [-0.4, -0.2) is 60.1 Å². The minimum Gasteiger partial charge on any atom is -0.336 e. The summed E-state index contributed by atoms with van der Waals surface area (Å²) < 4.78 is 0. The van der Waals surface area contributed by atoms with Crippen molar-refractivity contribution in [2.24, 2.45) is 0 Å². The van der Waals surface area contributed by atoms with Gasteiger partial charge in [0.2, 0.25) is 5.91 Å². The third-order valence-corrected chi connectivity index (χ3v) is 5.71. The van der Waals surface area contributed by atoms with Gasteiger partial charge in [0.15, 0.2) is 0 Å². The Kier molecular flexibility index (Phi) is 6.53. The Bertz CT molecular complexity index is 789. The highest BCUT2D eigenvalue weighted by Gasteiger charge is 2.28. The Morgan fingerprint density at radius 3 is 2.26 bits per heavy atom. The first kappa shape index (κ1) is 19.5. The van der Waals surface area contributed by atoms with E-state index in [4.69, 9.17) is 0 Å². The fraction of sp³-hybridized carbons (Fsp3) is 0.333. The van der Waals surface area contributed by atoms with Crippen LogP contribution in [0.5, 0.6) is 0 Å². The number of para-hydroxylation sites is 1. The van der Waals surface area contributed by atoms with Gasteiger partial charge in [0.05, 0.1) is 11.7 Å². The first-order valence-corrected chi connectivity index (χ1v) is 10.3. The van der Waals surface area contributed by atoms with Crippen molar-refractivity contribution in [2.75, 3.05) is 37.8 Å². The average molecular weight is 384 g/mol. The van der Waals surface area contributed by atoms with Gasteiger partial charge in [-0.15, -0.1) is 11.8 Å². The number of carbonyl (C=O) groups is 2. The van der Waals surface area contributed by atoms with Crippen molar-refractivity contribution in [3.8, 4) is 0 Å². The van der Waals surface area contributed by atoms with Gasteiger partial charge in [-0.1, -0.05) is 30.3 Å². The number of anilines is 1. The van der Waals surface area contributed by atoms with Gasteiger partial charge in [-0.2, -0.15) is 0 Å². The first-order valence-electron chi connectivity index (χ1n) is 9.12. The Balaban J connectivity index is 1.55. The molecule has 3 rings (SSSR count). The van der Waals surface area contributed by atoms with Crippen molar-refractivity contribution in [1.82, 2.24) is 9.80 Å². The molecule has 2 amide bonds. The normalized spacial score (nSPS) is 16.0. The quantitative estimate of drug-likeness (QED) is 0.806. The zero-order chi connectivity index (χ0) is 19.2. The average Bonchev–Trinajstić information content (AvgIpc) is 2.73. The van der Waals surface area contributed by atoms with E-state index in [9.17, 15) is 9.59 Å². The number of benzene rings is 2. The molecule has 0 saturated carbocycles. The van der Waals surface area contributed by atoms with Gasteiger partial charge in [-0.3, -0.25) is 14.5 Å². The molecule has 142 valence electrons. The van der Waals surface area contributed by atoms with Crippen LogP contribution in [0.25, 0.3) is 0 Å². The molecule has 0 spiro atoms. The molecule has 0 aliphatic carbocycles. The molecule has 1 atom stereocenters. The van der Waals surface area contributed by atoms with Gasteiger partial charge in [-0.05, 0) is 37.4 Å². The molecule has 2 aromatic rings. The molecule has 0 bridgehead atoms. The highest BCUT2D eigenvalue weighted by atomic mass is 32.2. The molecule has 1 heterocycles. The summed E-state index contributed by atoms with van der Waals surface area (Å²) >= 11 is 1.61. The highest BCUT2D eigenvalue weighted by molar-refractivity contribution is 7.98. The molecule has 2 aromatic carbocycles. The van der Waals surface area contributed by atoms with Crippen LogP contribution in [0.3, 0.4) is 0 Å². The van der Waals surface area contributed by atoms with E-state index < -0.39 is 0 Å². The van der Waals surface area contributed by atoms with Crippen LogP contribution in [0.2, 0.25) is 0 Å². The number of hydrogen-bond donors (Lipinski definition) is 1. The van der Waals surface area contributed by atoms with Crippen molar-refractivity contribution >= 4 is 29.3 Å². The largest absolute Gasteiger partial charge is 0.336 e. The van der Waals surface area contributed by atoms with Crippen molar-refractivity contribution in [3.63, 3.8) is 0 Å². The van der Waals surface area contributed by atoms with Crippen LogP contribution in [-0.2, 0) is 4.79 Å². The Morgan fingerprint density at radius 1 is 0.963 bits per heavy atom. The van der Waals surface area contributed by atoms with Crippen molar-refractivity contribution < 1.29 is 9.59 Å². The molecule has 1 saturated heterocycles. The number of amides is 2. The number of thioether (sulfide) groups is 1. The van der Waals surface area contributed by atoms with E-state index in [0.29, 0.717) is 31.7 Å². The summed E-state index contributed by atoms with van der Waals surface area (Å²) in [6.07, 6.45) is 2.00. The summed E-state index contributed by atoms with van der Waals surface area (Å²) in [5, 5.41) is 3.04. The van der Waals surface area contributed by atoms with E-state index in [1.807, 2.05) is 72.7 Å². The Morgan fingerprint density at radius 2 is 1.59 bits per heavy atom. The predicted octanol–water partition coefficient (Wildman–Crippen LogP) is 3.19. The highest BCUT2D eigenvalue weighted by Crippen LogP contribution is 2.25. The monoisotopic (exact) mass is 383 g/mol. The molecule has 6 heteroatoms. The number of nitrogens with zero attached hydrogens (tertiary/aromatic N) is 2. The van der Waals surface area contributed by atoms with Crippen molar-refractivity contribution in [2.45, 2.75) is 17.9 Å². The van der Waals surface area contributed by atoms with Crippen LogP contribution >= 0.6 is 11.8 Å². The minimum atomic E-state index is -0.242. The smallest absolute Gasteiger partial charge is 0.253 e. The summed E-state index contributed by atoms with van der Waals surface area (Å²) in [5.41, 5.74) is 1.56. The molecule has 0 aromatic heterocycles. The number of piperazine rings is 1. The summed E-state index contributed by atoms with van der Waals surface area (Å²) in [6.45, 7) is 4.57. The van der Waals surface area contributed by atoms with Crippen LogP contribution in [0, 0.1) is 0 Å². The van der Waals surface area contributed by atoms with E-state index in [1.54, 1.807) is 11.8 Å². The molecule has 1 aliphatic rings. The fourth-order valence-corrected chi connectivity index (χ4v) is 3.78. The SMILES string of the molecule is CSc1ccccc1NC(=O)C(C)N1CCN(C(=O)c2ccccc2)CC1. The standard InChI is InChI=1S/C21H25N3O2S/c1-16(20(25)22-18-10-6-7-11-19(18)27-2)23-12-14-24(15-13-23)21(26)17-8-4-3-5-9-17/h3-11,16H,12-15H2,1-2H3,(H,22,25). The molecule has 5 nitrogen and oxygen atoms in total. The number of rotatable bonds is 5. The van der Waals surface area contributed by atoms with Crippen molar-refractivity contribution in [1.29, 1.82) is 0 Å². The van der Waals surface area contributed by atoms with Crippen LogP contribution in [0.4, 0.5) is 5.69 Å². The summed E-state index contributed by atoms with van der Waals surface area (Å²) in [7, 11) is 0. The summed E-state index contributed by atoms with van der Waals surface area (Å²) in [4.78, 5) is 30.3. The van der Waals surface area contributed by atoms with Crippen LogP contribution in [0.1, 0.15) is 17.3 Å². The lowest BCUT2D eigenvalue weighted by molar-refractivity contribution is -0.121. The molecule has 0 radical (unpaired) electrons. The van der Waals surface area contributed by atoms with E-state index >= 15 is 0 Å². The van der Waals surface area contributed by atoms with Crippen LogP contribution < -0.4 is 5.32 Å². The van der Waals surface area contributed by atoms with E-state index in [-0.39, 0.29) is 17.9 Å². The second-order valence-corrected chi connectivity index (χ2v) is 7.41. The van der Waals surface area contributed by atoms with Crippen molar-refractivity contribution in [3.05, 3.63) is 60.2 Å². The molecule has 1 unspecified atom stereocenters. The molecular weight excluding hydrogens is 358 g/mol. The molecule has 27 heavy (non-hydrogen) atoms. The molecular formula is C21H25N3O2S. The lowest BCUT2D eigenvalue weighted by Gasteiger charge is -2.37. The number of nitrogens with one attached hydrogen (secondary N) is 1. The summed E-state index contributed by atoms with van der Waals surface area (Å²) in [5.74, 6) is 0.0422. The lowest BCUT2D eigenvalue weighted by Crippen LogP contribution is -2.54. The molecule has 1 aliphatic heterocycles. The second-order valence-electron chi connectivity index (χ2n) is 6.56. The van der Waals surface area contributed by atoms with Crippen LogP contribution in [0.15, 0.2) is 59.5 Å². The zero-order valence-corrected chi connectivity index (χ0v) is 16.5. The maximum atomic E-state index is 12.7. The maximum absolute atomic E-state index is 12.7. The second kappa shape index (κ2) is 9.06. The van der Waals surface area contributed by atoms with E-state index in [0.717, 1.165) is 10.6 Å². The maximum Gasteiger partial charge on any atom is 0.253 e. The third-order valence-electron chi connectivity index (χ3n) is 4.91. The topological polar surface area (TPSA) is 52.7 Å². The van der Waals surface area contributed by atoms with Gasteiger partial charge < -0.3 is 10.2 Å². The van der Waals surface area contributed by atoms with E-state index in [2.05, 4.69) is 10.2 Å². The number of hydrogen-bond acceptors (Lipinski definition) is 4. The zero-order valence-electron chi connectivity index (χ0n) is 15.7. The summed E-state index contributed by atoms with van der Waals surface area (Å²) in [6, 6.07) is 16.9. The van der Waals surface area contributed by atoms with Gasteiger partial charge in [0.1, 0.15) is 0 Å². The lowest BCUT2D eigenvalue weighted by atomic mass is 10.1. The Hall–Kier alpha value is -2.31. The minimum absolute atomic E-state index is 0.0145. The Labute approximate surface area is 164 Å². The number of carbonyl (C=O) groups excluding carboxylic acids is 2. The van der Waals surface area contributed by atoms with Gasteiger partial charge in [0.25, 0.3) is 5.91 Å². The van der Waals surface area contributed by atoms with Gasteiger partial charge in [0, 0.05) is 36.6 Å². The van der Waals surface area contributed by atoms with Gasteiger partial charge >= 0.3 is 0 Å². The van der Waals surface area contributed by atoms with E-state index in [1.165, 1.54) is 0 Å². The first-order chi connectivity index (χ1) is 13.1. The fourth-order valence-electron chi connectivity index (χ4n) is 3.23. The predicted molar refractivity (Wildman–Crippen MR) is 110 cm³/mol. The third kappa shape index (κ3) is 4.70. The molecule has 1 N–H and O–H groups in total. The van der Waals surface area contributed by atoms with Gasteiger partial charge in [-0.25, -0.2) is 0 Å². The molecule has 1 fully saturated rings.